The van der Waals surface area contributed by atoms with E-state index >= 15 is 0 Å². The number of H-pyrrole nitrogens is 1. The average Bonchev–Trinajstić information content (AvgIpc) is 2.60. The Kier molecular flexibility index (Phi) is 5.42. The van der Waals surface area contributed by atoms with Gasteiger partial charge in [0.2, 0.25) is 0 Å². The summed E-state index contributed by atoms with van der Waals surface area (Å²) in [5.74, 6) is -0.875. The van der Waals surface area contributed by atoms with E-state index < -0.39 is 12.1 Å². The zero-order valence-corrected chi connectivity index (χ0v) is 15.1. The largest absolute Gasteiger partial charge is 0.391 e. The third-order valence-electron chi connectivity index (χ3n) is 5.13. The van der Waals surface area contributed by atoms with Crippen molar-refractivity contribution in [2.75, 3.05) is 0 Å². The molecule has 1 fully saturated rings. The fourth-order valence-corrected chi connectivity index (χ4v) is 3.58. The molecule has 0 atom stereocenters. The van der Waals surface area contributed by atoms with Gasteiger partial charge in [-0.3, -0.25) is 4.79 Å². The number of hydrogen-bond donors (Lipinski definition) is 1. The fourth-order valence-electron chi connectivity index (χ4n) is 3.45. The number of benzene rings is 1. The summed E-state index contributed by atoms with van der Waals surface area (Å²) in [7, 11) is 0. The molecule has 26 heavy (non-hydrogen) atoms. The summed E-state index contributed by atoms with van der Waals surface area (Å²) in [5, 5.41) is 0.631. The number of rotatable bonds is 3. The molecule has 1 N–H and O–H groups in total. The van der Waals surface area contributed by atoms with E-state index in [0.717, 1.165) is 5.56 Å². The Morgan fingerprint density at radius 1 is 1.15 bits per heavy atom. The summed E-state index contributed by atoms with van der Waals surface area (Å²) in [6.45, 7) is 1.71. The Hall–Kier alpha value is -1.82. The van der Waals surface area contributed by atoms with Crippen LogP contribution in [0, 0.1) is 12.8 Å². The van der Waals surface area contributed by atoms with E-state index in [1.165, 1.54) is 0 Å². The van der Waals surface area contributed by atoms with E-state index in [1.54, 1.807) is 19.1 Å². The van der Waals surface area contributed by atoms with Crippen molar-refractivity contribution < 1.29 is 13.2 Å². The van der Waals surface area contributed by atoms with E-state index in [1.807, 2.05) is 12.1 Å². The van der Waals surface area contributed by atoms with Crippen molar-refractivity contribution in [3.63, 3.8) is 0 Å². The molecule has 1 heterocycles. The summed E-state index contributed by atoms with van der Waals surface area (Å²) in [6, 6.07) is 7.30. The molecule has 0 bridgehead atoms. The standard InChI is InChI=1S/C19H20ClF3N2O/c1-11-16(10-12-2-8-15(20)9-3-12)24-17(25-18(11)26)13-4-6-14(7-5-13)19(21,22)23/h2-3,8-9,13-14H,4-7,10H2,1H3,(H,24,25,26). The zero-order chi connectivity index (χ0) is 18.9. The Morgan fingerprint density at radius 3 is 2.35 bits per heavy atom. The van der Waals surface area contributed by atoms with Gasteiger partial charge in [0.25, 0.3) is 5.56 Å². The second-order valence-corrected chi connectivity index (χ2v) is 7.35. The number of nitrogens with one attached hydrogen (secondary N) is 1. The van der Waals surface area contributed by atoms with Gasteiger partial charge in [0.15, 0.2) is 0 Å². The minimum absolute atomic E-state index is 0.0816. The molecule has 1 aromatic carbocycles. The van der Waals surface area contributed by atoms with Gasteiger partial charge in [-0.05, 0) is 50.3 Å². The first-order chi connectivity index (χ1) is 12.2. The molecule has 0 unspecified atom stereocenters. The van der Waals surface area contributed by atoms with Crippen LogP contribution in [-0.2, 0) is 6.42 Å². The fraction of sp³-hybridized carbons (Fsp3) is 0.474. The van der Waals surface area contributed by atoms with Crippen molar-refractivity contribution in [2.24, 2.45) is 5.92 Å². The van der Waals surface area contributed by atoms with Crippen LogP contribution in [0.4, 0.5) is 13.2 Å². The Morgan fingerprint density at radius 2 is 1.77 bits per heavy atom. The highest BCUT2D eigenvalue weighted by Crippen LogP contribution is 2.42. The molecule has 0 spiro atoms. The van der Waals surface area contributed by atoms with E-state index in [4.69, 9.17) is 11.6 Å². The van der Waals surface area contributed by atoms with Gasteiger partial charge in [-0.15, -0.1) is 0 Å². The van der Waals surface area contributed by atoms with Crippen LogP contribution < -0.4 is 5.56 Å². The van der Waals surface area contributed by atoms with Gasteiger partial charge in [-0.1, -0.05) is 23.7 Å². The molecule has 140 valence electrons. The maximum atomic E-state index is 12.8. The van der Waals surface area contributed by atoms with Gasteiger partial charge in [0.05, 0.1) is 11.6 Å². The van der Waals surface area contributed by atoms with Crippen molar-refractivity contribution in [3.8, 4) is 0 Å². The maximum absolute atomic E-state index is 12.8. The van der Waals surface area contributed by atoms with Crippen LogP contribution in [0.3, 0.4) is 0 Å². The molecule has 0 aliphatic heterocycles. The number of nitrogens with zero attached hydrogens (tertiary/aromatic N) is 1. The average molecular weight is 385 g/mol. The van der Waals surface area contributed by atoms with E-state index in [9.17, 15) is 18.0 Å². The Balaban J connectivity index is 1.80. The number of aromatic amines is 1. The molecule has 0 saturated heterocycles. The lowest BCUT2D eigenvalue weighted by Gasteiger charge is -2.29. The Bertz CT molecular complexity index is 822. The summed E-state index contributed by atoms with van der Waals surface area (Å²) in [5.41, 5.74) is 1.94. The molecule has 3 rings (SSSR count). The van der Waals surface area contributed by atoms with Crippen molar-refractivity contribution in [2.45, 2.75) is 51.1 Å². The van der Waals surface area contributed by atoms with Crippen LogP contribution in [0.25, 0.3) is 0 Å². The van der Waals surface area contributed by atoms with Gasteiger partial charge in [-0.25, -0.2) is 4.98 Å². The summed E-state index contributed by atoms with van der Waals surface area (Å²) >= 11 is 5.89. The summed E-state index contributed by atoms with van der Waals surface area (Å²) < 4.78 is 38.5. The third-order valence-corrected chi connectivity index (χ3v) is 5.38. The molecule has 1 aliphatic carbocycles. The van der Waals surface area contributed by atoms with E-state index in [2.05, 4.69) is 9.97 Å². The van der Waals surface area contributed by atoms with Crippen LogP contribution in [0.15, 0.2) is 29.1 Å². The minimum atomic E-state index is -4.14. The SMILES string of the molecule is Cc1c(Cc2ccc(Cl)cc2)nc(C2CCC(C(F)(F)F)CC2)[nH]c1=O. The quantitative estimate of drug-likeness (QED) is 0.794. The molecule has 1 aliphatic rings. The van der Waals surface area contributed by atoms with Crippen LogP contribution >= 0.6 is 11.6 Å². The number of hydrogen-bond acceptors (Lipinski definition) is 2. The molecular weight excluding hydrogens is 365 g/mol. The molecule has 2 aromatic rings. The summed E-state index contributed by atoms with van der Waals surface area (Å²) in [4.78, 5) is 19.6. The van der Waals surface area contributed by atoms with Gasteiger partial charge >= 0.3 is 6.18 Å². The van der Waals surface area contributed by atoms with E-state index in [-0.39, 0.29) is 24.3 Å². The lowest BCUT2D eigenvalue weighted by molar-refractivity contribution is -0.182. The molecule has 7 heteroatoms. The first-order valence-electron chi connectivity index (χ1n) is 8.65. The van der Waals surface area contributed by atoms with Crippen LogP contribution in [0.1, 0.15) is 54.2 Å². The van der Waals surface area contributed by atoms with Crippen molar-refractivity contribution in [1.82, 2.24) is 9.97 Å². The number of halogens is 4. The molecule has 1 aromatic heterocycles. The monoisotopic (exact) mass is 384 g/mol. The zero-order valence-electron chi connectivity index (χ0n) is 14.4. The van der Waals surface area contributed by atoms with Crippen LogP contribution in [0.2, 0.25) is 5.02 Å². The predicted octanol–water partition coefficient (Wildman–Crippen LogP) is 5.16. The van der Waals surface area contributed by atoms with Gasteiger partial charge < -0.3 is 4.98 Å². The van der Waals surface area contributed by atoms with Crippen molar-refractivity contribution in [3.05, 3.63) is 62.3 Å². The van der Waals surface area contributed by atoms with Gasteiger partial charge in [0.1, 0.15) is 5.82 Å². The first-order valence-corrected chi connectivity index (χ1v) is 9.02. The van der Waals surface area contributed by atoms with Crippen molar-refractivity contribution >= 4 is 11.6 Å². The lowest BCUT2D eigenvalue weighted by atomic mass is 9.81. The molecule has 1 saturated carbocycles. The summed E-state index contributed by atoms with van der Waals surface area (Å²) in [6.07, 6.45) is -2.72. The first kappa shape index (κ1) is 19.0. The van der Waals surface area contributed by atoms with E-state index in [0.29, 0.717) is 41.4 Å². The second-order valence-electron chi connectivity index (χ2n) is 6.92. The highest BCUT2D eigenvalue weighted by atomic mass is 35.5. The Labute approximate surface area is 154 Å². The smallest absolute Gasteiger partial charge is 0.310 e. The number of alkyl halides is 3. The van der Waals surface area contributed by atoms with Crippen molar-refractivity contribution in [1.29, 1.82) is 0 Å². The molecule has 0 radical (unpaired) electrons. The maximum Gasteiger partial charge on any atom is 0.391 e. The second kappa shape index (κ2) is 7.43. The molecule has 0 amide bonds. The minimum Gasteiger partial charge on any atom is -0.310 e. The normalized spacial score (nSPS) is 21.0. The molecule has 3 nitrogen and oxygen atoms in total. The highest BCUT2D eigenvalue weighted by Gasteiger charge is 2.41. The topological polar surface area (TPSA) is 45.8 Å². The number of aromatic nitrogens is 2. The lowest BCUT2D eigenvalue weighted by Crippen LogP contribution is -2.29. The third kappa shape index (κ3) is 4.29. The molecular formula is C19H20ClF3N2O. The predicted molar refractivity (Wildman–Crippen MR) is 94.6 cm³/mol. The van der Waals surface area contributed by atoms with Crippen LogP contribution in [-0.4, -0.2) is 16.1 Å². The highest BCUT2D eigenvalue weighted by molar-refractivity contribution is 6.30. The van der Waals surface area contributed by atoms with Gasteiger partial charge in [-0.2, -0.15) is 13.2 Å². The van der Waals surface area contributed by atoms with Crippen LogP contribution in [0.5, 0.6) is 0 Å². The van der Waals surface area contributed by atoms with Gasteiger partial charge in [0, 0.05) is 22.9 Å².